The van der Waals surface area contributed by atoms with E-state index in [9.17, 15) is 4.79 Å². The number of carbonyl (C=O) groups is 1. The van der Waals surface area contributed by atoms with Crippen molar-refractivity contribution >= 4 is 34.7 Å². The molecular weight excluding hydrogens is 370 g/mol. The number of pyridine rings is 1. The largest absolute Gasteiger partial charge is 0.353 e. The van der Waals surface area contributed by atoms with Gasteiger partial charge >= 0.3 is 0 Å². The third-order valence-corrected chi connectivity index (χ3v) is 6.39. The van der Waals surface area contributed by atoms with Crippen molar-refractivity contribution in [2.75, 3.05) is 13.1 Å². The fourth-order valence-corrected chi connectivity index (χ4v) is 4.47. The number of aromatic nitrogens is 3. The summed E-state index contributed by atoms with van der Waals surface area (Å²) in [6.45, 7) is 4.71. The Bertz CT molecular complexity index is 1110. The van der Waals surface area contributed by atoms with Gasteiger partial charge in [0.05, 0.1) is 12.2 Å². The molecule has 0 unspecified atom stereocenters. The van der Waals surface area contributed by atoms with Gasteiger partial charge in [-0.25, -0.2) is 4.68 Å². The summed E-state index contributed by atoms with van der Waals surface area (Å²) in [7, 11) is 0. The van der Waals surface area contributed by atoms with Crippen LogP contribution in [-0.2, 0) is 11.5 Å². The first-order valence-electron chi connectivity index (χ1n) is 10.1. The summed E-state index contributed by atoms with van der Waals surface area (Å²) < 4.78 is 4.73. The summed E-state index contributed by atoms with van der Waals surface area (Å²) in [6, 6.07) is 10.7. The minimum absolute atomic E-state index is 0.253. The molecule has 1 aromatic carbocycles. The maximum Gasteiger partial charge on any atom is 0.223 e. The number of hydrogen-bond acceptors (Lipinski definition) is 4. The summed E-state index contributed by atoms with van der Waals surface area (Å²) >= 11 is 5.76. The van der Waals surface area contributed by atoms with Crippen molar-refractivity contribution in [3.05, 3.63) is 40.7 Å². The van der Waals surface area contributed by atoms with E-state index in [0.29, 0.717) is 12.7 Å². The number of para-hydroxylation sites is 1. The Labute approximate surface area is 169 Å². The second kappa shape index (κ2) is 6.97. The van der Waals surface area contributed by atoms with Crippen molar-refractivity contribution in [3.63, 3.8) is 0 Å². The number of carbonyl (C=O) groups excluding carboxylic acids is 1. The first-order chi connectivity index (χ1) is 13.6. The number of aryl methyl sites for hydroxylation is 1. The second-order valence-electron chi connectivity index (χ2n) is 8.14. The predicted molar refractivity (Wildman–Crippen MR) is 112 cm³/mol. The van der Waals surface area contributed by atoms with E-state index in [4.69, 9.17) is 17.3 Å². The Morgan fingerprint density at radius 1 is 1.21 bits per heavy atom. The number of nitrogens with zero attached hydrogens (tertiary/aromatic N) is 4. The van der Waals surface area contributed by atoms with Crippen molar-refractivity contribution in [2.24, 2.45) is 5.92 Å². The molecule has 3 aromatic rings. The standard InChI is InChI=1S/C21H25N5OS/c1-14-12-19-23-25(21(28)26(19)18-5-3-2-4-17(14)18)13-24-10-8-16(9-11-24)22-20(27)15-6-7-15/h2-5,12,15-16H,6-11,13H2,1H3,(H,22,27). The number of piperidine rings is 1. The molecule has 2 fully saturated rings. The fraction of sp³-hybridized carbons (Fsp3) is 0.476. The highest BCUT2D eigenvalue weighted by atomic mass is 32.1. The van der Waals surface area contributed by atoms with E-state index in [1.54, 1.807) is 0 Å². The SMILES string of the molecule is Cc1cc2nn(CN3CCC(NC(=O)C4CC4)CC3)c(=S)n2c2ccccc12. The van der Waals surface area contributed by atoms with E-state index in [0.717, 1.165) is 54.7 Å². The topological polar surface area (TPSA) is 54.6 Å². The molecule has 0 atom stereocenters. The maximum absolute atomic E-state index is 12.0. The Morgan fingerprint density at radius 3 is 2.71 bits per heavy atom. The van der Waals surface area contributed by atoms with Gasteiger partial charge < -0.3 is 5.32 Å². The number of amides is 1. The van der Waals surface area contributed by atoms with Crippen LogP contribution in [0.15, 0.2) is 30.3 Å². The molecule has 1 N–H and O–H groups in total. The molecule has 1 saturated carbocycles. The van der Waals surface area contributed by atoms with E-state index >= 15 is 0 Å². The zero-order valence-electron chi connectivity index (χ0n) is 16.1. The zero-order chi connectivity index (χ0) is 19.3. The molecule has 7 heteroatoms. The normalized spacial score (nSPS) is 18.8. The lowest BCUT2D eigenvalue weighted by atomic mass is 10.1. The van der Waals surface area contributed by atoms with Gasteiger partial charge in [0.25, 0.3) is 0 Å². The van der Waals surface area contributed by atoms with Crippen LogP contribution in [0.4, 0.5) is 0 Å². The molecular formula is C21H25N5OS. The van der Waals surface area contributed by atoms with E-state index < -0.39 is 0 Å². The summed E-state index contributed by atoms with van der Waals surface area (Å²) in [5, 5.41) is 9.20. The lowest BCUT2D eigenvalue weighted by Crippen LogP contribution is -2.45. The Kier molecular flexibility index (Phi) is 4.44. The highest BCUT2D eigenvalue weighted by Crippen LogP contribution is 2.29. The molecule has 2 aliphatic rings. The Morgan fingerprint density at radius 2 is 1.96 bits per heavy atom. The van der Waals surface area contributed by atoms with E-state index in [1.165, 1.54) is 10.9 Å². The highest BCUT2D eigenvalue weighted by Gasteiger charge is 2.31. The van der Waals surface area contributed by atoms with Crippen LogP contribution in [0.2, 0.25) is 0 Å². The first kappa shape index (κ1) is 17.8. The van der Waals surface area contributed by atoms with Crippen LogP contribution in [0.3, 0.4) is 0 Å². The molecule has 146 valence electrons. The highest BCUT2D eigenvalue weighted by molar-refractivity contribution is 7.71. The van der Waals surface area contributed by atoms with Gasteiger partial charge in [-0.3, -0.25) is 14.1 Å². The smallest absolute Gasteiger partial charge is 0.223 e. The lowest BCUT2D eigenvalue weighted by molar-refractivity contribution is -0.123. The van der Waals surface area contributed by atoms with Crippen LogP contribution in [0.1, 0.15) is 31.2 Å². The molecule has 1 saturated heterocycles. The zero-order valence-corrected chi connectivity index (χ0v) is 16.9. The molecule has 1 aliphatic carbocycles. The molecule has 28 heavy (non-hydrogen) atoms. The molecule has 1 amide bonds. The molecule has 0 radical (unpaired) electrons. The van der Waals surface area contributed by atoms with Crippen LogP contribution >= 0.6 is 12.2 Å². The average molecular weight is 396 g/mol. The van der Waals surface area contributed by atoms with E-state index in [-0.39, 0.29) is 11.8 Å². The van der Waals surface area contributed by atoms with Gasteiger partial charge in [-0.05, 0) is 62.5 Å². The lowest BCUT2D eigenvalue weighted by Gasteiger charge is -2.32. The van der Waals surface area contributed by atoms with Crippen LogP contribution in [-0.4, -0.2) is 44.1 Å². The molecule has 0 bridgehead atoms. The van der Waals surface area contributed by atoms with Gasteiger partial charge in [0.15, 0.2) is 5.65 Å². The van der Waals surface area contributed by atoms with Crippen molar-refractivity contribution in [3.8, 4) is 0 Å². The average Bonchev–Trinajstić information content (AvgIpc) is 3.50. The molecule has 2 aromatic heterocycles. The number of likely N-dealkylation sites (tertiary alicyclic amines) is 1. The van der Waals surface area contributed by atoms with Crippen molar-refractivity contribution in [1.82, 2.24) is 24.4 Å². The maximum atomic E-state index is 12.0. The van der Waals surface area contributed by atoms with Crippen LogP contribution in [0, 0.1) is 17.6 Å². The number of benzene rings is 1. The van der Waals surface area contributed by atoms with Crippen molar-refractivity contribution < 1.29 is 4.79 Å². The van der Waals surface area contributed by atoms with Gasteiger partial charge in [0.2, 0.25) is 10.7 Å². The molecule has 0 spiro atoms. The molecule has 5 rings (SSSR count). The molecule has 6 nitrogen and oxygen atoms in total. The summed E-state index contributed by atoms with van der Waals surface area (Å²) in [6.07, 6.45) is 4.10. The number of hydrogen-bond donors (Lipinski definition) is 1. The Balaban J connectivity index is 1.33. The van der Waals surface area contributed by atoms with Gasteiger partial charge in [-0.1, -0.05) is 18.2 Å². The summed E-state index contributed by atoms with van der Waals surface area (Å²) in [5.74, 6) is 0.538. The number of fused-ring (bicyclic) bond motifs is 3. The van der Waals surface area contributed by atoms with Gasteiger partial charge in [-0.15, -0.1) is 0 Å². The van der Waals surface area contributed by atoms with Crippen LogP contribution in [0.25, 0.3) is 16.6 Å². The third-order valence-electron chi connectivity index (χ3n) is 6.00. The fourth-order valence-electron chi connectivity index (χ4n) is 4.18. The van der Waals surface area contributed by atoms with Gasteiger partial charge in [0.1, 0.15) is 0 Å². The number of nitrogens with one attached hydrogen (secondary N) is 1. The third kappa shape index (κ3) is 3.22. The minimum atomic E-state index is 0.253. The Hall–Kier alpha value is -2.25. The minimum Gasteiger partial charge on any atom is -0.353 e. The van der Waals surface area contributed by atoms with Crippen molar-refractivity contribution in [1.29, 1.82) is 0 Å². The van der Waals surface area contributed by atoms with E-state index in [1.807, 2.05) is 10.7 Å². The number of rotatable bonds is 4. The van der Waals surface area contributed by atoms with E-state index in [2.05, 4.69) is 45.8 Å². The molecule has 1 aliphatic heterocycles. The summed E-state index contributed by atoms with van der Waals surface area (Å²) in [5.41, 5.74) is 3.21. The summed E-state index contributed by atoms with van der Waals surface area (Å²) in [4.78, 5) is 14.3. The van der Waals surface area contributed by atoms with Crippen molar-refractivity contribution in [2.45, 2.75) is 45.3 Å². The quantitative estimate of drug-likeness (QED) is 0.689. The first-order valence-corrected chi connectivity index (χ1v) is 10.5. The second-order valence-corrected chi connectivity index (χ2v) is 8.50. The van der Waals surface area contributed by atoms with Gasteiger partial charge in [0, 0.05) is 30.4 Å². The monoisotopic (exact) mass is 395 g/mol. The van der Waals surface area contributed by atoms with Crippen LogP contribution in [0.5, 0.6) is 0 Å². The van der Waals surface area contributed by atoms with Crippen LogP contribution < -0.4 is 5.32 Å². The predicted octanol–water partition coefficient (Wildman–Crippen LogP) is 3.28. The molecule has 3 heterocycles. The van der Waals surface area contributed by atoms with Gasteiger partial charge in [-0.2, -0.15) is 5.10 Å².